The normalized spacial score (nSPS) is 20.7. The number of tetrazole rings is 1. The Labute approximate surface area is 159 Å². The summed E-state index contributed by atoms with van der Waals surface area (Å²) in [6.07, 6.45) is 2.26. The van der Waals surface area contributed by atoms with Gasteiger partial charge in [-0.25, -0.2) is 0 Å². The van der Waals surface area contributed by atoms with Crippen LogP contribution in [0.15, 0.2) is 24.3 Å². The van der Waals surface area contributed by atoms with E-state index in [1.165, 1.54) is 16.9 Å². The molecule has 1 unspecified atom stereocenters. The summed E-state index contributed by atoms with van der Waals surface area (Å²) < 4.78 is 5.39. The van der Waals surface area contributed by atoms with Crippen LogP contribution >= 0.6 is 0 Å². The molecule has 0 radical (unpaired) electrons. The van der Waals surface area contributed by atoms with Crippen molar-refractivity contribution in [1.82, 2.24) is 25.1 Å². The average Bonchev–Trinajstić information content (AvgIpc) is 3.17. The lowest BCUT2D eigenvalue weighted by Crippen LogP contribution is -2.41. The molecular formula is C19H26N6O2. The maximum absolute atomic E-state index is 12.5. The van der Waals surface area contributed by atoms with E-state index in [-0.39, 0.29) is 12.5 Å². The second-order valence-electron chi connectivity index (χ2n) is 7.38. The Kier molecular flexibility index (Phi) is 5.33. The van der Waals surface area contributed by atoms with Crippen LogP contribution in [0.3, 0.4) is 0 Å². The van der Waals surface area contributed by atoms with Crippen molar-refractivity contribution in [3.05, 3.63) is 24.3 Å². The number of benzene rings is 1. The lowest BCUT2D eigenvalue weighted by atomic mass is 10.0. The van der Waals surface area contributed by atoms with E-state index in [0.29, 0.717) is 11.7 Å². The first kappa shape index (κ1) is 17.9. The number of aromatic nitrogens is 4. The van der Waals surface area contributed by atoms with Crippen LogP contribution in [0.1, 0.15) is 19.8 Å². The van der Waals surface area contributed by atoms with Gasteiger partial charge in [0.2, 0.25) is 11.7 Å². The van der Waals surface area contributed by atoms with Crippen LogP contribution in [0.5, 0.6) is 0 Å². The molecule has 4 rings (SSSR count). The van der Waals surface area contributed by atoms with Gasteiger partial charge in [0.1, 0.15) is 6.54 Å². The molecular weight excluding hydrogens is 344 g/mol. The fourth-order valence-electron chi connectivity index (χ4n) is 3.71. The molecule has 2 aromatic rings. The van der Waals surface area contributed by atoms with Gasteiger partial charge in [-0.3, -0.25) is 4.79 Å². The third-order valence-corrected chi connectivity index (χ3v) is 5.24. The number of piperidine rings is 1. The highest BCUT2D eigenvalue weighted by atomic mass is 16.5. The summed E-state index contributed by atoms with van der Waals surface area (Å²) in [5.41, 5.74) is 2.07. The molecule has 3 heterocycles. The molecule has 0 aliphatic carbocycles. The van der Waals surface area contributed by atoms with Crippen molar-refractivity contribution in [3.63, 3.8) is 0 Å². The van der Waals surface area contributed by atoms with E-state index < -0.39 is 0 Å². The van der Waals surface area contributed by atoms with E-state index in [2.05, 4.69) is 39.4 Å². The summed E-state index contributed by atoms with van der Waals surface area (Å²) in [6, 6.07) is 8.14. The standard InChI is InChI=1S/C19H26N6O2/c1-15-3-2-8-24(13-15)18(26)14-25-21-19(20-22-25)16-4-6-17(7-5-16)23-9-11-27-12-10-23/h4-7,15H,2-3,8-14H2,1H3. The second kappa shape index (κ2) is 8.04. The number of likely N-dealkylation sites (tertiary alicyclic amines) is 1. The average molecular weight is 370 g/mol. The van der Waals surface area contributed by atoms with Gasteiger partial charge in [0.05, 0.1) is 13.2 Å². The summed E-state index contributed by atoms with van der Waals surface area (Å²) >= 11 is 0. The molecule has 8 nitrogen and oxygen atoms in total. The maximum Gasteiger partial charge on any atom is 0.246 e. The molecule has 1 aromatic heterocycles. The predicted molar refractivity (Wildman–Crippen MR) is 101 cm³/mol. The van der Waals surface area contributed by atoms with Gasteiger partial charge in [-0.1, -0.05) is 6.92 Å². The largest absolute Gasteiger partial charge is 0.378 e. The number of ether oxygens (including phenoxy) is 1. The molecule has 0 spiro atoms. The van der Waals surface area contributed by atoms with Gasteiger partial charge in [-0.15, -0.1) is 10.2 Å². The van der Waals surface area contributed by atoms with Crippen molar-refractivity contribution in [1.29, 1.82) is 0 Å². The minimum atomic E-state index is 0.0631. The number of hydrogen-bond donors (Lipinski definition) is 0. The molecule has 8 heteroatoms. The Hall–Kier alpha value is -2.48. The lowest BCUT2D eigenvalue weighted by Gasteiger charge is -2.30. The fourth-order valence-corrected chi connectivity index (χ4v) is 3.71. The number of hydrogen-bond acceptors (Lipinski definition) is 6. The Balaban J connectivity index is 1.39. The van der Waals surface area contributed by atoms with E-state index in [4.69, 9.17) is 4.74 Å². The summed E-state index contributed by atoms with van der Waals surface area (Å²) in [5, 5.41) is 12.6. The van der Waals surface area contributed by atoms with Gasteiger partial charge in [0, 0.05) is 37.4 Å². The molecule has 2 fully saturated rings. The van der Waals surface area contributed by atoms with Gasteiger partial charge in [-0.2, -0.15) is 4.80 Å². The minimum Gasteiger partial charge on any atom is -0.378 e. The zero-order valence-corrected chi connectivity index (χ0v) is 15.8. The van der Waals surface area contributed by atoms with Crippen molar-refractivity contribution < 1.29 is 9.53 Å². The highest BCUT2D eigenvalue weighted by molar-refractivity contribution is 5.76. The van der Waals surface area contributed by atoms with Crippen LogP contribution in [-0.4, -0.2) is 70.4 Å². The van der Waals surface area contributed by atoms with Crippen molar-refractivity contribution in [2.75, 3.05) is 44.3 Å². The van der Waals surface area contributed by atoms with E-state index in [9.17, 15) is 4.79 Å². The Morgan fingerprint density at radius 1 is 1.19 bits per heavy atom. The molecule has 1 atom stereocenters. The van der Waals surface area contributed by atoms with Gasteiger partial charge >= 0.3 is 0 Å². The first-order chi connectivity index (χ1) is 13.2. The van der Waals surface area contributed by atoms with Crippen LogP contribution < -0.4 is 4.90 Å². The monoisotopic (exact) mass is 370 g/mol. The number of carbonyl (C=O) groups is 1. The minimum absolute atomic E-state index is 0.0631. The number of nitrogens with zero attached hydrogens (tertiary/aromatic N) is 6. The van der Waals surface area contributed by atoms with Gasteiger partial charge in [0.25, 0.3) is 0 Å². The zero-order valence-electron chi connectivity index (χ0n) is 15.8. The molecule has 0 bridgehead atoms. The number of rotatable bonds is 4. The smallest absolute Gasteiger partial charge is 0.246 e. The highest BCUT2D eigenvalue weighted by Gasteiger charge is 2.22. The zero-order chi connectivity index (χ0) is 18.6. The molecule has 144 valence electrons. The number of amides is 1. The first-order valence-corrected chi connectivity index (χ1v) is 9.68. The number of morpholine rings is 1. The van der Waals surface area contributed by atoms with Gasteiger partial charge in [0.15, 0.2) is 0 Å². The third-order valence-electron chi connectivity index (χ3n) is 5.24. The molecule has 27 heavy (non-hydrogen) atoms. The number of carbonyl (C=O) groups excluding carboxylic acids is 1. The summed E-state index contributed by atoms with van der Waals surface area (Å²) in [6.45, 7) is 7.33. The number of anilines is 1. The second-order valence-corrected chi connectivity index (χ2v) is 7.38. The lowest BCUT2D eigenvalue weighted by molar-refractivity contribution is -0.134. The van der Waals surface area contributed by atoms with E-state index in [0.717, 1.165) is 51.4 Å². The molecule has 1 amide bonds. The molecule has 0 saturated carbocycles. The van der Waals surface area contributed by atoms with Crippen LogP contribution in [-0.2, 0) is 16.1 Å². The summed E-state index contributed by atoms with van der Waals surface area (Å²) in [5.74, 6) is 1.17. The van der Waals surface area contributed by atoms with Crippen LogP contribution in [0.2, 0.25) is 0 Å². The van der Waals surface area contributed by atoms with Crippen molar-refractivity contribution in [3.8, 4) is 11.4 Å². The van der Waals surface area contributed by atoms with Crippen molar-refractivity contribution in [2.24, 2.45) is 5.92 Å². The molecule has 0 N–H and O–H groups in total. The SMILES string of the molecule is CC1CCCN(C(=O)Cn2nnc(-c3ccc(N4CCOCC4)cc3)n2)C1. The van der Waals surface area contributed by atoms with Crippen LogP contribution in [0.4, 0.5) is 5.69 Å². The van der Waals surface area contributed by atoms with Gasteiger partial charge < -0.3 is 14.5 Å². The van der Waals surface area contributed by atoms with E-state index in [1.54, 1.807) is 0 Å². The van der Waals surface area contributed by atoms with E-state index >= 15 is 0 Å². The molecule has 2 aliphatic heterocycles. The third kappa shape index (κ3) is 4.27. The van der Waals surface area contributed by atoms with Crippen LogP contribution in [0, 0.1) is 5.92 Å². The maximum atomic E-state index is 12.5. The van der Waals surface area contributed by atoms with Crippen molar-refractivity contribution >= 4 is 11.6 Å². The van der Waals surface area contributed by atoms with E-state index in [1.807, 2.05) is 17.0 Å². The van der Waals surface area contributed by atoms with Crippen LogP contribution in [0.25, 0.3) is 11.4 Å². The first-order valence-electron chi connectivity index (χ1n) is 9.68. The molecule has 1 aromatic carbocycles. The quantitative estimate of drug-likeness (QED) is 0.811. The summed E-state index contributed by atoms with van der Waals surface area (Å²) in [4.78, 5) is 18.1. The Morgan fingerprint density at radius 2 is 1.96 bits per heavy atom. The van der Waals surface area contributed by atoms with Gasteiger partial charge in [-0.05, 0) is 48.2 Å². The predicted octanol–water partition coefficient (Wildman–Crippen LogP) is 1.44. The molecule has 2 saturated heterocycles. The molecule has 2 aliphatic rings. The topological polar surface area (TPSA) is 76.4 Å². The Bertz CT molecular complexity index is 769. The Morgan fingerprint density at radius 3 is 2.70 bits per heavy atom. The van der Waals surface area contributed by atoms with Crippen molar-refractivity contribution in [2.45, 2.75) is 26.3 Å². The summed E-state index contributed by atoms with van der Waals surface area (Å²) in [7, 11) is 0. The highest BCUT2D eigenvalue weighted by Crippen LogP contribution is 2.21. The fraction of sp³-hybridized carbons (Fsp3) is 0.579.